The van der Waals surface area contributed by atoms with Crippen molar-refractivity contribution in [2.45, 2.75) is 53.4 Å². The van der Waals surface area contributed by atoms with E-state index in [9.17, 15) is 0 Å². The van der Waals surface area contributed by atoms with Gasteiger partial charge in [-0.1, -0.05) is 109 Å². The molecule has 0 bridgehead atoms. The third-order valence-electron chi connectivity index (χ3n) is 5.60. The first-order valence-electron chi connectivity index (χ1n) is 9.62. The minimum absolute atomic E-state index is 0. The van der Waals surface area contributed by atoms with E-state index >= 15 is 0 Å². The van der Waals surface area contributed by atoms with Gasteiger partial charge in [0.25, 0.3) is 0 Å². The van der Waals surface area contributed by atoms with Gasteiger partial charge in [-0.15, -0.1) is 0 Å². The van der Waals surface area contributed by atoms with Crippen LogP contribution in [0.25, 0.3) is 0 Å². The SMILES string of the molecule is CC(C)(C)C1=CCC(C(c2ccccc2)(c2ccccc2)C(C)(C)C)=[C-]1.[Cl-].[Cl-].[Cl-].[Ti+4]. The van der Waals surface area contributed by atoms with Gasteiger partial charge in [-0.2, -0.15) is 5.57 Å². The van der Waals surface area contributed by atoms with Crippen LogP contribution in [-0.4, -0.2) is 0 Å². The first kappa shape index (κ1) is 31.7. The summed E-state index contributed by atoms with van der Waals surface area (Å²) in [6.45, 7) is 13.9. The van der Waals surface area contributed by atoms with Gasteiger partial charge < -0.3 is 37.2 Å². The topological polar surface area (TPSA) is 0 Å². The fourth-order valence-electron chi connectivity index (χ4n) is 4.42. The first-order valence-corrected chi connectivity index (χ1v) is 9.62. The van der Waals surface area contributed by atoms with Crippen LogP contribution in [0.2, 0.25) is 0 Å². The molecule has 0 nitrogen and oxygen atoms in total. The summed E-state index contributed by atoms with van der Waals surface area (Å²) in [6.07, 6.45) is 7.20. The molecule has 0 unspecified atom stereocenters. The molecule has 2 aromatic carbocycles. The Kier molecular flexibility index (Phi) is 12.6. The summed E-state index contributed by atoms with van der Waals surface area (Å²) in [5.41, 5.74) is 5.35. The van der Waals surface area contributed by atoms with Crippen molar-refractivity contribution in [3.05, 3.63) is 95.1 Å². The predicted molar refractivity (Wildman–Crippen MR) is 112 cm³/mol. The van der Waals surface area contributed by atoms with Crippen LogP contribution >= 0.6 is 0 Å². The average molecular weight is 498 g/mol. The second kappa shape index (κ2) is 11.9. The molecule has 0 radical (unpaired) electrons. The van der Waals surface area contributed by atoms with E-state index < -0.39 is 0 Å². The quantitative estimate of drug-likeness (QED) is 0.345. The molecule has 4 heteroatoms. The molecule has 0 aromatic heterocycles. The minimum Gasteiger partial charge on any atom is -1.00 e. The van der Waals surface area contributed by atoms with Crippen molar-refractivity contribution in [2.24, 2.45) is 10.8 Å². The number of benzene rings is 2. The Bertz CT molecular complexity index is 787. The van der Waals surface area contributed by atoms with Crippen LogP contribution in [0.5, 0.6) is 0 Å². The van der Waals surface area contributed by atoms with Crippen molar-refractivity contribution < 1.29 is 58.9 Å². The van der Waals surface area contributed by atoms with Crippen molar-refractivity contribution in [3.63, 3.8) is 0 Å². The first-order chi connectivity index (χ1) is 12.2. The monoisotopic (exact) mass is 496 g/mol. The number of hydrogen-bond donors (Lipinski definition) is 0. The molecule has 160 valence electrons. The van der Waals surface area contributed by atoms with Crippen molar-refractivity contribution in [3.8, 4) is 0 Å². The second-order valence-corrected chi connectivity index (χ2v) is 9.41. The van der Waals surface area contributed by atoms with Crippen LogP contribution in [0, 0.1) is 16.9 Å². The zero-order valence-corrected chi connectivity index (χ0v) is 22.5. The van der Waals surface area contributed by atoms with Gasteiger partial charge in [-0.3, -0.25) is 0 Å². The van der Waals surface area contributed by atoms with Gasteiger partial charge in [0.2, 0.25) is 0 Å². The number of halogens is 3. The normalized spacial score (nSPS) is 13.5. The summed E-state index contributed by atoms with van der Waals surface area (Å²) in [7, 11) is 0. The van der Waals surface area contributed by atoms with Crippen molar-refractivity contribution in [2.75, 3.05) is 0 Å². The van der Waals surface area contributed by atoms with E-state index in [1.165, 1.54) is 22.3 Å². The summed E-state index contributed by atoms with van der Waals surface area (Å²) in [5, 5.41) is 0. The average Bonchev–Trinajstić information content (AvgIpc) is 3.07. The van der Waals surface area contributed by atoms with Gasteiger partial charge in [-0.05, 0) is 22.0 Å². The number of hydrogen-bond acceptors (Lipinski definition) is 0. The molecule has 0 saturated carbocycles. The summed E-state index contributed by atoms with van der Waals surface area (Å²) >= 11 is 0. The third-order valence-corrected chi connectivity index (χ3v) is 5.60. The Labute approximate surface area is 217 Å². The molecule has 0 fully saturated rings. The van der Waals surface area contributed by atoms with Crippen LogP contribution in [0.3, 0.4) is 0 Å². The molecule has 0 amide bonds. The van der Waals surface area contributed by atoms with Gasteiger partial charge in [-0.25, -0.2) is 17.7 Å². The van der Waals surface area contributed by atoms with Gasteiger partial charge in [0.15, 0.2) is 0 Å². The molecule has 0 aliphatic heterocycles. The predicted octanol–water partition coefficient (Wildman–Crippen LogP) is -1.87. The maximum atomic E-state index is 3.85. The van der Waals surface area contributed by atoms with Gasteiger partial charge >= 0.3 is 21.7 Å². The van der Waals surface area contributed by atoms with E-state index in [1.54, 1.807) is 0 Å². The summed E-state index contributed by atoms with van der Waals surface area (Å²) in [4.78, 5) is 0. The third kappa shape index (κ3) is 5.84. The van der Waals surface area contributed by atoms with Crippen molar-refractivity contribution >= 4 is 0 Å². The van der Waals surface area contributed by atoms with E-state index in [4.69, 9.17) is 0 Å². The zero-order valence-electron chi connectivity index (χ0n) is 18.7. The minimum atomic E-state index is -0.195. The smallest absolute Gasteiger partial charge is 1.00 e. The van der Waals surface area contributed by atoms with E-state index in [0.717, 1.165) is 6.42 Å². The summed E-state index contributed by atoms with van der Waals surface area (Å²) in [5.74, 6) is 0. The fraction of sp³-hybridized carbons (Fsp3) is 0.385. The van der Waals surface area contributed by atoms with E-state index in [1.807, 2.05) is 0 Å². The molecular formula is C26H31Cl3Ti. The summed E-state index contributed by atoms with van der Waals surface area (Å²) in [6, 6.07) is 22.0. The van der Waals surface area contributed by atoms with Gasteiger partial charge in [0.05, 0.1) is 0 Å². The molecule has 0 spiro atoms. The number of allylic oxidation sites excluding steroid dienone is 4. The number of rotatable bonds is 3. The molecule has 0 saturated heterocycles. The van der Waals surface area contributed by atoms with Crippen LogP contribution in [0.4, 0.5) is 0 Å². The zero-order chi connectivity index (χ0) is 19.0. The standard InChI is InChI=1S/C26H31.3ClH.Ti/c1-24(2,3)22-17-18-23(19-22)26(25(4,5)6,20-13-9-7-10-14-20)21-15-11-8-12-16-21;;;;/h7-17H,18H2,1-6H3;3*1H;/q-1;;;;+4/p-3. The molecule has 0 N–H and O–H groups in total. The van der Waals surface area contributed by atoms with Gasteiger partial charge in [0, 0.05) is 5.41 Å². The Morgan fingerprint density at radius 1 is 0.667 bits per heavy atom. The Morgan fingerprint density at radius 3 is 1.37 bits per heavy atom. The largest absolute Gasteiger partial charge is 4.00 e. The Morgan fingerprint density at radius 2 is 1.07 bits per heavy atom. The molecular weight excluding hydrogens is 467 g/mol. The maximum Gasteiger partial charge on any atom is 4.00 e. The van der Waals surface area contributed by atoms with Crippen molar-refractivity contribution in [1.29, 1.82) is 0 Å². The molecule has 30 heavy (non-hydrogen) atoms. The van der Waals surface area contributed by atoms with Crippen molar-refractivity contribution in [1.82, 2.24) is 0 Å². The summed E-state index contributed by atoms with van der Waals surface area (Å²) < 4.78 is 0. The maximum absolute atomic E-state index is 3.85. The van der Waals surface area contributed by atoms with Crippen LogP contribution in [-0.2, 0) is 27.1 Å². The fourth-order valence-corrected chi connectivity index (χ4v) is 4.42. The molecule has 0 heterocycles. The Hall–Kier alpha value is -0.496. The Balaban J connectivity index is 0. The molecule has 0 atom stereocenters. The van der Waals surface area contributed by atoms with E-state index in [2.05, 4.69) is 114 Å². The van der Waals surface area contributed by atoms with E-state index in [-0.39, 0.29) is 75.2 Å². The molecule has 3 rings (SSSR count). The van der Waals surface area contributed by atoms with Gasteiger partial charge in [0.1, 0.15) is 0 Å². The molecule has 1 aliphatic rings. The van der Waals surface area contributed by atoms with E-state index in [0.29, 0.717) is 0 Å². The molecule has 2 aromatic rings. The van der Waals surface area contributed by atoms with Crippen LogP contribution < -0.4 is 37.2 Å². The second-order valence-electron chi connectivity index (χ2n) is 9.41. The van der Waals surface area contributed by atoms with Crippen LogP contribution in [0.15, 0.2) is 77.9 Å². The van der Waals surface area contributed by atoms with Crippen LogP contribution in [0.1, 0.15) is 59.1 Å². The molecule has 1 aliphatic carbocycles.